The number of H-pyrrole nitrogens is 1. The highest BCUT2D eigenvalue weighted by molar-refractivity contribution is 5.93. The molecule has 1 saturated heterocycles. The highest BCUT2D eigenvalue weighted by Crippen LogP contribution is 2.15. The number of rotatable bonds is 7. The maximum atomic E-state index is 12.8. The average molecular weight is 479 g/mol. The van der Waals surface area contributed by atoms with Crippen LogP contribution in [0, 0.1) is 0 Å². The van der Waals surface area contributed by atoms with Crippen molar-refractivity contribution in [1.82, 2.24) is 19.8 Å². The van der Waals surface area contributed by atoms with E-state index in [9.17, 15) is 14.4 Å². The first-order chi connectivity index (χ1) is 17.0. The Morgan fingerprint density at radius 2 is 1.83 bits per heavy atom. The van der Waals surface area contributed by atoms with Gasteiger partial charge in [0.05, 0.1) is 37.2 Å². The first-order valence-corrected chi connectivity index (χ1v) is 11.7. The van der Waals surface area contributed by atoms with Crippen LogP contribution in [0.1, 0.15) is 34.6 Å². The highest BCUT2D eigenvalue weighted by atomic mass is 16.5. The van der Waals surface area contributed by atoms with Crippen molar-refractivity contribution in [1.29, 1.82) is 0 Å². The van der Waals surface area contributed by atoms with Crippen LogP contribution in [0.15, 0.2) is 47.3 Å². The number of ether oxygens (including phenoxy) is 2. The lowest BCUT2D eigenvalue weighted by molar-refractivity contribution is -0.131. The molecule has 9 heteroatoms. The second kappa shape index (κ2) is 11.1. The smallest absolute Gasteiger partial charge is 0.337 e. The third kappa shape index (κ3) is 6.05. The maximum absolute atomic E-state index is 12.8. The lowest BCUT2D eigenvalue weighted by Gasteiger charge is -2.22. The van der Waals surface area contributed by atoms with Gasteiger partial charge in [0, 0.05) is 32.6 Å². The lowest BCUT2D eigenvalue weighted by Crippen LogP contribution is -2.35. The Bertz CT molecular complexity index is 1250. The SMILES string of the molecule is COC(=O)c1ccc2c(=O)[nH]c(CN3CCCN(C(=O)CCc4ccc(OC)cc4)CC3)nc2c1. The van der Waals surface area contributed by atoms with Crippen LogP contribution in [0.25, 0.3) is 10.9 Å². The molecular formula is C26H30N4O5. The molecular weight excluding hydrogens is 448 g/mol. The summed E-state index contributed by atoms with van der Waals surface area (Å²) in [4.78, 5) is 48.7. The number of esters is 1. The molecule has 2 aromatic carbocycles. The van der Waals surface area contributed by atoms with Crippen LogP contribution < -0.4 is 10.3 Å². The van der Waals surface area contributed by atoms with E-state index in [1.807, 2.05) is 29.2 Å². The molecule has 1 amide bonds. The number of carbonyl (C=O) groups excluding carboxylic acids is 2. The van der Waals surface area contributed by atoms with Crippen LogP contribution in [0.5, 0.6) is 5.75 Å². The molecule has 35 heavy (non-hydrogen) atoms. The molecule has 0 bridgehead atoms. The molecule has 0 aliphatic carbocycles. The van der Waals surface area contributed by atoms with Gasteiger partial charge in [-0.3, -0.25) is 14.5 Å². The minimum atomic E-state index is -0.472. The number of hydrogen-bond donors (Lipinski definition) is 1. The molecule has 9 nitrogen and oxygen atoms in total. The van der Waals surface area contributed by atoms with E-state index in [-0.39, 0.29) is 11.5 Å². The van der Waals surface area contributed by atoms with E-state index >= 15 is 0 Å². The van der Waals surface area contributed by atoms with Gasteiger partial charge in [0.2, 0.25) is 5.91 Å². The number of fused-ring (bicyclic) bond motifs is 1. The minimum absolute atomic E-state index is 0.148. The molecule has 1 N–H and O–H groups in total. The summed E-state index contributed by atoms with van der Waals surface area (Å²) in [7, 11) is 2.95. The van der Waals surface area contributed by atoms with Crippen LogP contribution in [0.4, 0.5) is 0 Å². The molecule has 0 radical (unpaired) electrons. The van der Waals surface area contributed by atoms with E-state index in [0.29, 0.717) is 61.3 Å². The van der Waals surface area contributed by atoms with Crippen LogP contribution in [-0.2, 0) is 22.5 Å². The van der Waals surface area contributed by atoms with Crippen molar-refractivity contribution < 1.29 is 19.1 Å². The molecule has 184 valence electrons. The van der Waals surface area contributed by atoms with E-state index in [0.717, 1.165) is 24.3 Å². The molecule has 0 saturated carbocycles. The monoisotopic (exact) mass is 478 g/mol. The van der Waals surface area contributed by atoms with Crippen molar-refractivity contribution in [2.75, 3.05) is 40.4 Å². The lowest BCUT2D eigenvalue weighted by atomic mass is 10.1. The molecule has 2 heterocycles. The molecule has 1 aliphatic rings. The van der Waals surface area contributed by atoms with Crippen molar-refractivity contribution in [2.45, 2.75) is 25.8 Å². The topological polar surface area (TPSA) is 105 Å². The molecule has 0 atom stereocenters. The summed E-state index contributed by atoms with van der Waals surface area (Å²) >= 11 is 0. The zero-order chi connectivity index (χ0) is 24.8. The molecule has 3 aromatic rings. The fraction of sp³-hybridized carbons (Fsp3) is 0.385. The molecule has 1 fully saturated rings. The highest BCUT2D eigenvalue weighted by Gasteiger charge is 2.20. The Kier molecular flexibility index (Phi) is 7.77. The van der Waals surface area contributed by atoms with E-state index in [4.69, 9.17) is 9.47 Å². The van der Waals surface area contributed by atoms with Crippen molar-refractivity contribution in [3.05, 3.63) is 69.8 Å². The number of nitrogens with one attached hydrogen (secondary N) is 1. The Morgan fingerprint density at radius 1 is 1.03 bits per heavy atom. The number of aryl methyl sites for hydroxylation is 1. The Hall–Kier alpha value is -3.72. The number of methoxy groups -OCH3 is 2. The van der Waals surface area contributed by atoms with Gasteiger partial charge >= 0.3 is 5.97 Å². The summed E-state index contributed by atoms with van der Waals surface area (Å²) in [5.41, 5.74) is 1.67. The fourth-order valence-electron chi connectivity index (χ4n) is 4.30. The third-order valence-electron chi connectivity index (χ3n) is 6.28. The van der Waals surface area contributed by atoms with Gasteiger partial charge in [-0.2, -0.15) is 0 Å². The van der Waals surface area contributed by atoms with E-state index in [2.05, 4.69) is 14.9 Å². The van der Waals surface area contributed by atoms with E-state index in [1.54, 1.807) is 25.3 Å². The predicted molar refractivity (Wildman–Crippen MR) is 131 cm³/mol. The number of nitrogens with zero attached hydrogens (tertiary/aromatic N) is 3. The number of amides is 1. The van der Waals surface area contributed by atoms with Gasteiger partial charge in [-0.25, -0.2) is 9.78 Å². The summed E-state index contributed by atoms with van der Waals surface area (Å²) in [6, 6.07) is 12.5. The summed E-state index contributed by atoms with van der Waals surface area (Å²) in [6.07, 6.45) is 2.01. The second-order valence-electron chi connectivity index (χ2n) is 8.59. The summed E-state index contributed by atoms with van der Waals surface area (Å²) < 4.78 is 9.95. The number of aromatic amines is 1. The van der Waals surface area contributed by atoms with Gasteiger partial charge in [-0.1, -0.05) is 12.1 Å². The van der Waals surface area contributed by atoms with Crippen molar-refractivity contribution in [3.8, 4) is 5.75 Å². The van der Waals surface area contributed by atoms with Gasteiger partial charge in [0.15, 0.2) is 0 Å². The predicted octanol–water partition coefficient (Wildman–Crippen LogP) is 2.39. The van der Waals surface area contributed by atoms with E-state index < -0.39 is 5.97 Å². The molecule has 0 unspecified atom stereocenters. The first kappa shape index (κ1) is 24.4. The zero-order valence-electron chi connectivity index (χ0n) is 20.1. The Labute approximate surface area is 203 Å². The zero-order valence-corrected chi connectivity index (χ0v) is 20.1. The number of benzene rings is 2. The van der Waals surface area contributed by atoms with E-state index in [1.165, 1.54) is 7.11 Å². The normalized spacial score (nSPS) is 14.5. The van der Waals surface area contributed by atoms with Crippen LogP contribution in [0.2, 0.25) is 0 Å². The van der Waals surface area contributed by atoms with Gasteiger partial charge in [0.25, 0.3) is 5.56 Å². The minimum Gasteiger partial charge on any atom is -0.497 e. The quantitative estimate of drug-likeness (QED) is 0.520. The van der Waals surface area contributed by atoms with Gasteiger partial charge in [-0.05, 0) is 48.7 Å². The first-order valence-electron chi connectivity index (χ1n) is 11.7. The maximum Gasteiger partial charge on any atom is 0.337 e. The summed E-state index contributed by atoms with van der Waals surface area (Å²) in [5.74, 6) is 1.01. The van der Waals surface area contributed by atoms with Gasteiger partial charge in [-0.15, -0.1) is 0 Å². The summed E-state index contributed by atoms with van der Waals surface area (Å²) in [6.45, 7) is 3.29. The van der Waals surface area contributed by atoms with Crippen molar-refractivity contribution in [2.24, 2.45) is 0 Å². The average Bonchev–Trinajstić information content (AvgIpc) is 3.12. The second-order valence-corrected chi connectivity index (χ2v) is 8.59. The van der Waals surface area contributed by atoms with Gasteiger partial charge < -0.3 is 19.4 Å². The largest absolute Gasteiger partial charge is 0.497 e. The fourth-order valence-corrected chi connectivity index (χ4v) is 4.30. The van der Waals surface area contributed by atoms with Crippen molar-refractivity contribution >= 4 is 22.8 Å². The number of hydrogen-bond acceptors (Lipinski definition) is 7. The van der Waals surface area contributed by atoms with Crippen LogP contribution in [-0.4, -0.2) is 72.0 Å². The van der Waals surface area contributed by atoms with Crippen LogP contribution in [0.3, 0.4) is 0 Å². The standard InChI is InChI=1S/C26H30N4O5/c1-34-20-8-4-18(5-9-20)6-11-24(31)30-13-3-12-29(14-15-30)17-23-27-22-16-19(26(33)35-2)7-10-21(22)25(32)28-23/h4-5,7-10,16H,3,6,11-15,17H2,1-2H3,(H,27,28,32). The molecule has 1 aromatic heterocycles. The summed E-state index contributed by atoms with van der Waals surface area (Å²) in [5, 5.41) is 0.422. The molecule has 4 rings (SSSR count). The number of aromatic nitrogens is 2. The Morgan fingerprint density at radius 3 is 2.57 bits per heavy atom. The number of carbonyl (C=O) groups is 2. The van der Waals surface area contributed by atoms with Crippen molar-refractivity contribution in [3.63, 3.8) is 0 Å². The molecule has 0 spiro atoms. The van der Waals surface area contributed by atoms with Gasteiger partial charge in [0.1, 0.15) is 11.6 Å². The molecule has 1 aliphatic heterocycles. The Balaban J connectivity index is 1.36. The van der Waals surface area contributed by atoms with Crippen LogP contribution >= 0.6 is 0 Å². The third-order valence-corrected chi connectivity index (χ3v) is 6.28.